The number of anilines is 1. The number of rotatable bonds is 6. The van der Waals surface area contributed by atoms with Gasteiger partial charge in [0.15, 0.2) is 0 Å². The van der Waals surface area contributed by atoms with Crippen molar-refractivity contribution in [3.05, 3.63) is 29.8 Å². The lowest BCUT2D eigenvalue weighted by Gasteiger charge is -2.32. The zero-order chi connectivity index (χ0) is 21.6. The van der Waals surface area contributed by atoms with Crippen LogP contribution in [0.15, 0.2) is 24.3 Å². The van der Waals surface area contributed by atoms with Crippen LogP contribution < -0.4 is 10.0 Å². The van der Waals surface area contributed by atoms with Gasteiger partial charge < -0.3 is 10.2 Å². The number of sulfonamides is 1. The van der Waals surface area contributed by atoms with Gasteiger partial charge in [0.25, 0.3) is 5.91 Å². The van der Waals surface area contributed by atoms with Crippen molar-refractivity contribution < 1.29 is 18.0 Å². The summed E-state index contributed by atoms with van der Waals surface area (Å²) in [6.07, 6.45) is 8.42. The molecule has 0 radical (unpaired) electrons. The van der Waals surface area contributed by atoms with Crippen LogP contribution in [0.1, 0.15) is 68.6 Å². The second kappa shape index (κ2) is 10.3. The van der Waals surface area contributed by atoms with Gasteiger partial charge in [-0.2, -0.15) is 0 Å². The summed E-state index contributed by atoms with van der Waals surface area (Å²) in [5.41, 5.74) is 0.970. The number of nitrogens with zero attached hydrogens (tertiary/aromatic N) is 1. The maximum Gasteiger partial charge on any atom is 0.253 e. The van der Waals surface area contributed by atoms with Crippen molar-refractivity contribution >= 4 is 27.5 Å². The van der Waals surface area contributed by atoms with Crippen LogP contribution in [0, 0.1) is 5.92 Å². The van der Waals surface area contributed by atoms with E-state index in [0.717, 1.165) is 12.8 Å². The van der Waals surface area contributed by atoms with Gasteiger partial charge in [0, 0.05) is 36.3 Å². The molecule has 166 valence electrons. The number of carbonyl (C=O) groups excluding carboxylic acids is 2. The SMILES string of the molecule is CCS(=O)(=O)Nc1ccc(C(=O)N2CCC(C(=O)NC3CCCCCC3)CC2)cc1. The van der Waals surface area contributed by atoms with Gasteiger partial charge in [0.2, 0.25) is 15.9 Å². The van der Waals surface area contributed by atoms with Crippen molar-refractivity contribution in [2.45, 2.75) is 64.3 Å². The number of amides is 2. The number of carbonyl (C=O) groups is 2. The first-order valence-corrected chi connectivity index (χ1v) is 12.7. The molecule has 3 rings (SSSR count). The molecule has 1 heterocycles. The smallest absolute Gasteiger partial charge is 0.253 e. The average molecular weight is 436 g/mol. The number of hydrogen-bond donors (Lipinski definition) is 2. The van der Waals surface area contributed by atoms with Crippen LogP contribution in [-0.2, 0) is 14.8 Å². The number of benzene rings is 1. The lowest BCUT2D eigenvalue weighted by atomic mass is 9.94. The first-order chi connectivity index (χ1) is 14.4. The van der Waals surface area contributed by atoms with E-state index in [1.807, 2.05) is 0 Å². The molecule has 2 fully saturated rings. The van der Waals surface area contributed by atoms with Crippen LogP contribution in [-0.4, -0.2) is 50.0 Å². The summed E-state index contributed by atoms with van der Waals surface area (Å²) in [6, 6.07) is 6.80. The van der Waals surface area contributed by atoms with Crippen LogP contribution in [0.5, 0.6) is 0 Å². The van der Waals surface area contributed by atoms with Gasteiger partial charge in [0.05, 0.1) is 5.75 Å². The zero-order valence-corrected chi connectivity index (χ0v) is 18.5. The Balaban J connectivity index is 1.49. The predicted molar refractivity (Wildman–Crippen MR) is 118 cm³/mol. The van der Waals surface area contributed by atoms with Crippen molar-refractivity contribution in [3.8, 4) is 0 Å². The second-order valence-electron chi connectivity index (χ2n) is 8.35. The zero-order valence-electron chi connectivity index (χ0n) is 17.7. The fourth-order valence-corrected chi connectivity index (χ4v) is 4.84. The Bertz CT molecular complexity index is 822. The van der Waals surface area contributed by atoms with E-state index >= 15 is 0 Å². The second-order valence-corrected chi connectivity index (χ2v) is 10.4. The van der Waals surface area contributed by atoms with Crippen molar-refractivity contribution in [2.75, 3.05) is 23.6 Å². The molecule has 2 aliphatic rings. The molecule has 0 atom stereocenters. The maximum atomic E-state index is 12.8. The standard InChI is InChI=1S/C22H33N3O4S/c1-2-30(28,29)24-20-11-9-18(10-12-20)22(27)25-15-13-17(14-16-25)21(26)23-19-7-5-3-4-6-8-19/h9-12,17,19,24H,2-8,13-16H2,1H3,(H,23,26). The third kappa shape index (κ3) is 6.20. The van der Waals surface area contributed by atoms with Gasteiger partial charge in [-0.25, -0.2) is 8.42 Å². The molecule has 2 amide bonds. The minimum Gasteiger partial charge on any atom is -0.353 e. The van der Waals surface area contributed by atoms with Crippen molar-refractivity contribution in [2.24, 2.45) is 5.92 Å². The number of nitrogens with one attached hydrogen (secondary N) is 2. The number of hydrogen-bond acceptors (Lipinski definition) is 4. The summed E-state index contributed by atoms with van der Waals surface area (Å²) in [4.78, 5) is 27.2. The van der Waals surface area contributed by atoms with Gasteiger partial charge in [-0.05, 0) is 56.9 Å². The molecule has 1 saturated heterocycles. The lowest BCUT2D eigenvalue weighted by molar-refractivity contribution is -0.127. The molecule has 0 spiro atoms. The van der Waals surface area contributed by atoms with Crippen LogP contribution >= 0.6 is 0 Å². The van der Waals surface area contributed by atoms with Gasteiger partial charge >= 0.3 is 0 Å². The van der Waals surface area contributed by atoms with E-state index < -0.39 is 10.0 Å². The molecule has 2 N–H and O–H groups in total. The summed E-state index contributed by atoms with van der Waals surface area (Å²) in [6.45, 7) is 2.69. The monoisotopic (exact) mass is 435 g/mol. The quantitative estimate of drug-likeness (QED) is 0.671. The Morgan fingerprint density at radius 1 is 0.967 bits per heavy atom. The van der Waals surface area contributed by atoms with Gasteiger partial charge in [-0.1, -0.05) is 25.7 Å². The van der Waals surface area contributed by atoms with Crippen molar-refractivity contribution in [3.63, 3.8) is 0 Å². The largest absolute Gasteiger partial charge is 0.353 e. The van der Waals surface area contributed by atoms with E-state index in [1.165, 1.54) is 25.7 Å². The summed E-state index contributed by atoms with van der Waals surface area (Å²) >= 11 is 0. The molecule has 7 nitrogen and oxygen atoms in total. The molecule has 1 aromatic rings. The van der Waals surface area contributed by atoms with E-state index in [0.29, 0.717) is 43.2 Å². The van der Waals surface area contributed by atoms with E-state index in [4.69, 9.17) is 0 Å². The highest BCUT2D eigenvalue weighted by Gasteiger charge is 2.29. The molecule has 0 aromatic heterocycles. The van der Waals surface area contributed by atoms with Gasteiger partial charge in [-0.15, -0.1) is 0 Å². The minimum absolute atomic E-state index is 0.00303. The van der Waals surface area contributed by atoms with E-state index in [-0.39, 0.29) is 23.5 Å². The van der Waals surface area contributed by atoms with Crippen molar-refractivity contribution in [1.29, 1.82) is 0 Å². The third-order valence-electron chi connectivity index (χ3n) is 6.14. The lowest BCUT2D eigenvalue weighted by Crippen LogP contribution is -2.45. The highest BCUT2D eigenvalue weighted by molar-refractivity contribution is 7.92. The summed E-state index contributed by atoms with van der Waals surface area (Å²) in [5.74, 6) is 0.0314. The molecule has 0 unspecified atom stereocenters. The van der Waals surface area contributed by atoms with E-state index in [1.54, 1.807) is 36.1 Å². The fraction of sp³-hybridized carbons (Fsp3) is 0.636. The van der Waals surface area contributed by atoms with Crippen molar-refractivity contribution in [1.82, 2.24) is 10.2 Å². The molecule has 1 aromatic carbocycles. The summed E-state index contributed by atoms with van der Waals surface area (Å²) in [5, 5.41) is 3.24. The number of piperidine rings is 1. The van der Waals surface area contributed by atoms with Crippen LogP contribution in [0.2, 0.25) is 0 Å². The Morgan fingerprint density at radius 2 is 1.57 bits per heavy atom. The first-order valence-electron chi connectivity index (χ1n) is 11.1. The van der Waals surface area contributed by atoms with Crippen LogP contribution in [0.25, 0.3) is 0 Å². The third-order valence-corrected chi connectivity index (χ3v) is 7.45. The molecule has 1 aliphatic carbocycles. The Morgan fingerprint density at radius 3 is 2.13 bits per heavy atom. The molecule has 1 aliphatic heterocycles. The average Bonchev–Trinajstić information content (AvgIpc) is 3.02. The van der Waals surface area contributed by atoms with E-state index in [9.17, 15) is 18.0 Å². The van der Waals surface area contributed by atoms with Crippen LogP contribution in [0.4, 0.5) is 5.69 Å². The van der Waals surface area contributed by atoms with Gasteiger partial charge in [-0.3, -0.25) is 14.3 Å². The molecule has 8 heteroatoms. The van der Waals surface area contributed by atoms with E-state index in [2.05, 4.69) is 10.0 Å². The molecule has 0 bridgehead atoms. The highest BCUT2D eigenvalue weighted by Crippen LogP contribution is 2.22. The molecular weight excluding hydrogens is 402 g/mol. The maximum absolute atomic E-state index is 12.8. The minimum atomic E-state index is -3.34. The van der Waals surface area contributed by atoms with Crippen LogP contribution in [0.3, 0.4) is 0 Å². The highest BCUT2D eigenvalue weighted by atomic mass is 32.2. The Kier molecular flexibility index (Phi) is 7.75. The normalized spacial score (nSPS) is 19.2. The first kappa shape index (κ1) is 22.6. The Labute approximate surface area is 179 Å². The predicted octanol–water partition coefficient (Wildman–Crippen LogP) is 3.14. The molecular formula is C22H33N3O4S. The number of likely N-dealkylation sites (tertiary alicyclic amines) is 1. The summed E-state index contributed by atoms with van der Waals surface area (Å²) in [7, 11) is -3.34. The van der Waals surface area contributed by atoms with Gasteiger partial charge in [0.1, 0.15) is 0 Å². The topological polar surface area (TPSA) is 95.6 Å². The Hall–Kier alpha value is -2.09. The molecule has 1 saturated carbocycles. The molecule has 30 heavy (non-hydrogen) atoms. The summed E-state index contributed by atoms with van der Waals surface area (Å²) < 4.78 is 25.8. The fourth-order valence-electron chi connectivity index (χ4n) is 4.20.